The van der Waals surface area contributed by atoms with Crippen LogP contribution < -0.4 is 5.32 Å². The minimum atomic E-state index is -1.13. The van der Waals surface area contributed by atoms with Crippen LogP contribution in [0.5, 0.6) is 0 Å². The molecule has 6 nitrogen and oxygen atoms in total. The zero-order valence-electron chi connectivity index (χ0n) is 9.70. The van der Waals surface area contributed by atoms with Crippen molar-refractivity contribution >= 4 is 28.4 Å². The third-order valence-corrected chi connectivity index (χ3v) is 3.03. The second kappa shape index (κ2) is 5.96. The highest BCUT2D eigenvalue weighted by atomic mass is 32.1. The van der Waals surface area contributed by atoms with E-state index < -0.39 is 12.1 Å². The molecule has 98 valence electrons. The Kier molecular flexibility index (Phi) is 4.09. The van der Waals surface area contributed by atoms with Gasteiger partial charge in [0.15, 0.2) is 0 Å². The van der Waals surface area contributed by atoms with Gasteiger partial charge in [-0.05, 0) is 5.56 Å². The van der Waals surface area contributed by atoms with E-state index in [1.807, 2.05) is 30.3 Å². The van der Waals surface area contributed by atoms with Gasteiger partial charge >= 0.3 is 12.1 Å². The van der Waals surface area contributed by atoms with Crippen LogP contribution in [-0.4, -0.2) is 22.2 Å². The van der Waals surface area contributed by atoms with Gasteiger partial charge < -0.3 is 9.84 Å². The van der Waals surface area contributed by atoms with E-state index in [2.05, 4.69) is 10.3 Å². The molecular formula is C12H10N2O4S. The Hall–Kier alpha value is -2.41. The second-order valence-corrected chi connectivity index (χ2v) is 4.55. The number of hydrogen-bond donors (Lipinski definition) is 2. The van der Waals surface area contributed by atoms with Gasteiger partial charge in [-0.15, -0.1) is 0 Å². The highest BCUT2D eigenvalue weighted by Gasteiger charge is 2.11. The third kappa shape index (κ3) is 3.78. The van der Waals surface area contributed by atoms with Gasteiger partial charge in [0.25, 0.3) is 0 Å². The largest absolute Gasteiger partial charge is 0.476 e. The van der Waals surface area contributed by atoms with E-state index in [1.54, 1.807) is 0 Å². The topological polar surface area (TPSA) is 88.5 Å². The van der Waals surface area contributed by atoms with Crippen molar-refractivity contribution in [3.63, 3.8) is 0 Å². The Balaban J connectivity index is 1.85. The number of carbonyl (C=O) groups is 2. The maximum atomic E-state index is 11.5. The van der Waals surface area contributed by atoms with Gasteiger partial charge in [0.1, 0.15) is 11.6 Å². The van der Waals surface area contributed by atoms with Gasteiger partial charge in [-0.3, -0.25) is 5.32 Å². The summed E-state index contributed by atoms with van der Waals surface area (Å²) >= 11 is 0.868. The predicted octanol–water partition coefficient (Wildman–Crippen LogP) is 2.59. The van der Waals surface area contributed by atoms with Gasteiger partial charge in [-0.1, -0.05) is 41.7 Å². The summed E-state index contributed by atoms with van der Waals surface area (Å²) in [7, 11) is 0. The fraction of sp³-hybridized carbons (Fsp3) is 0.0833. The summed E-state index contributed by atoms with van der Waals surface area (Å²) in [6.45, 7) is 0.150. The molecule has 0 atom stereocenters. The summed E-state index contributed by atoms with van der Waals surface area (Å²) in [6, 6.07) is 9.23. The van der Waals surface area contributed by atoms with Gasteiger partial charge in [0.05, 0.1) is 6.20 Å². The summed E-state index contributed by atoms with van der Waals surface area (Å²) in [5, 5.41) is 11.4. The van der Waals surface area contributed by atoms with Gasteiger partial charge in [0, 0.05) is 0 Å². The number of nitrogens with zero attached hydrogens (tertiary/aromatic N) is 1. The van der Waals surface area contributed by atoms with Crippen LogP contribution in [0.3, 0.4) is 0 Å². The smallest absolute Gasteiger partial charge is 0.412 e. The van der Waals surface area contributed by atoms with Crippen molar-refractivity contribution in [2.75, 3.05) is 5.32 Å². The number of aromatic carboxylic acids is 1. The molecule has 19 heavy (non-hydrogen) atoms. The molecule has 0 aliphatic heterocycles. The van der Waals surface area contributed by atoms with Crippen LogP contribution in [-0.2, 0) is 11.3 Å². The number of hydrogen-bond acceptors (Lipinski definition) is 5. The molecule has 2 rings (SSSR count). The third-order valence-electron chi connectivity index (χ3n) is 2.13. The number of ether oxygens (including phenoxy) is 1. The first-order valence-corrected chi connectivity index (χ1v) is 6.13. The molecule has 1 amide bonds. The van der Waals surface area contributed by atoms with Crippen LogP contribution in [0.2, 0.25) is 0 Å². The normalized spacial score (nSPS) is 9.89. The van der Waals surface area contributed by atoms with Crippen LogP contribution in [0, 0.1) is 0 Å². The molecular weight excluding hydrogens is 268 g/mol. The molecule has 0 bridgehead atoms. The van der Waals surface area contributed by atoms with Gasteiger partial charge in [0.2, 0.25) is 5.01 Å². The molecule has 0 saturated carbocycles. The predicted molar refractivity (Wildman–Crippen MR) is 69.3 cm³/mol. The first-order valence-electron chi connectivity index (χ1n) is 5.32. The molecule has 0 aliphatic rings. The minimum absolute atomic E-state index is 0.0849. The summed E-state index contributed by atoms with van der Waals surface area (Å²) in [4.78, 5) is 25.7. The number of amides is 1. The molecule has 7 heteroatoms. The average Bonchev–Trinajstić information content (AvgIpc) is 2.86. The number of carboxylic acids is 1. The number of benzene rings is 1. The lowest BCUT2D eigenvalue weighted by molar-refractivity contribution is 0.0696. The molecule has 0 saturated heterocycles. The number of rotatable bonds is 4. The monoisotopic (exact) mass is 278 g/mol. The summed E-state index contributed by atoms with van der Waals surface area (Å²) in [6.07, 6.45) is 0.627. The van der Waals surface area contributed by atoms with Gasteiger partial charge in [-0.2, -0.15) is 0 Å². The molecule has 1 aromatic carbocycles. The lowest BCUT2D eigenvalue weighted by atomic mass is 10.2. The SMILES string of the molecule is O=C(Nc1cnc(C(=O)O)s1)OCc1ccccc1. The van der Waals surface area contributed by atoms with Crippen LogP contribution in [0.1, 0.15) is 15.4 Å². The highest BCUT2D eigenvalue weighted by molar-refractivity contribution is 7.17. The molecule has 0 unspecified atom stereocenters. The molecule has 2 N–H and O–H groups in total. The van der Waals surface area contributed by atoms with Crippen molar-refractivity contribution in [1.29, 1.82) is 0 Å². The van der Waals surface area contributed by atoms with E-state index >= 15 is 0 Å². The van der Waals surface area contributed by atoms with Crippen molar-refractivity contribution in [3.8, 4) is 0 Å². The zero-order chi connectivity index (χ0) is 13.7. The van der Waals surface area contributed by atoms with E-state index in [0.29, 0.717) is 5.00 Å². The minimum Gasteiger partial charge on any atom is -0.476 e. The lowest BCUT2D eigenvalue weighted by Crippen LogP contribution is -2.12. The van der Waals surface area contributed by atoms with E-state index in [-0.39, 0.29) is 11.6 Å². The van der Waals surface area contributed by atoms with E-state index in [4.69, 9.17) is 9.84 Å². The van der Waals surface area contributed by atoms with Crippen LogP contribution >= 0.6 is 11.3 Å². The molecule has 0 radical (unpaired) electrons. The molecule has 0 aliphatic carbocycles. The molecule has 1 aromatic heterocycles. The number of carboxylic acid groups (broad SMARTS) is 1. The van der Waals surface area contributed by atoms with Crippen molar-refractivity contribution < 1.29 is 19.4 Å². The number of nitrogens with one attached hydrogen (secondary N) is 1. The highest BCUT2D eigenvalue weighted by Crippen LogP contribution is 2.18. The Morgan fingerprint density at radius 3 is 2.68 bits per heavy atom. The van der Waals surface area contributed by atoms with Crippen LogP contribution in [0.15, 0.2) is 36.5 Å². The first-order chi connectivity index (χ1) is 9.15. The van der Waals surface area contributed by atoms with Crippen LogP contribution in [0.4, 0.5) is 9.80 Å². The van der Waals surface area contributed by atoms with Crippen molar-refractivity contribution in [3.05, 3.63) is 47.1 Å². The summed E-state index contributed by atoms with van der Waals surface area (Å²) < 4.78 is 4.98. The molecule has 2 aromatic rings. The Morgan fingerprint density at radius 2 is 2.05 bits per heavy atom. The number of thiazole rings is 1. The number of aromatic nitrogens is 1. The molecule has 0 spiro atoms. The van der Waals surface area contributed by atoms with Crippen molar-refractivity contribution in [2.45, 2.75) is 6.61 Å². The van der Waals surface area contributed by atoms with E-state index in [1.165, 1.54) is 6.20 Å². The standard InChI is InChI=1S/C12H10N2O4S/c15-11(16)10-13-6-9(19-10)14-12(17)18-7-8-4-2-1-3-5-8/h1-6H,7H2,(H,14,17)(H,15,16). The van der Waals surface area contributed by atoms with E-state index in [9.17, 15) is 9.59 Å². The summed E-state index contributed by atoms with van der Waals surface area (Å²) in [5.74, 6) is -1.13. The fourth-order valence-corrected chi connectivity index (χ4v) is 1.93. The second-order valence-electron chi connectivity index (χ2n) is 3.52. The average molecular weight is 278 g/mol. The Morgan fingerprint density at radius 1 is 1.32 bits per heavy atom. The van der Waals surface area contributed by atoms with Gasteiger partial charge in [-0.25, -0.2) is 14.6 Å². The van der Waals surface area contributed by atoms with Crippen LogP contribution in [0.25, 0.3) is 0 Å². The number of anilines is 1. The first kappa shape index (κ1) is 13.0. The van der Waals surface area contributed by atoms with Crippen molar-refractivity contribution in [1.82, 2.24) is 4.98 Å². The fourth-order valence-electron chi connectivity index (χ4n) is 1.29. The molecule has 1 heterocycles. The Bertz CT molecular complexity index is 582. The maximum absolute atomic E-state index is 11.5. The van der Waals surface area contributed by atoms with E-state index in [0.717, 1.165) is 16.9 Å². The zero-order valence-corrected chi connectivity index (χ0v) is 10.5. The lowest BCUT2D eigenvalue weighted by Gasteiger charge is -2.04. The number of carbonyl (C=O) groups excluding carboxylic acids is 1. The summed E-state index contributed by atoms with van der Waals surface area (Å²) in [5.41, 5.74) is 0.869. The quantitative estimate of drug-likeness (QED) is 0.897. The molecule has 0 fully saturated rings. The Labute approximate surface area is 112 Å². The van der Waals surface area contributed by atoms with Crippen molar-refractivity contribution in [2.24, 2.45) is 0 Å². The maximum Gasteiger partial charge on any atom is 0.412 e.